The summed E-state index contributed by atoms with van der Waals surface area (Å²) in [4.78, 5) is 10.2. The first-order valence-corrected chi connectivity index (χ1v) is 7.35. The number of nitrogens with one attached hydrogen (secondary N) is 2. The lowest BCUT2D eigenvalue weighted by molar-refractivity contribution is 0.822. The zero-order valence-electron chi connectivity index (χ0n) is 10.8. The molecule has 0 atom stereocenters. The quantitative estimate of drug-likeness (QED) is 0.866. The molecule has 2 aromatic rings. The number of anilines is 2. The fraction of sp³-hybridized carbons (Fsp3) is 0.538. The van der Waals surface area contributed by atoms with E-state index in [9.17, 15) is 0 Å². The van der Waals surface area contributed by atoms with Gasteiger partial charge in [0.25, 0.3) is 0 Å². The monoisotopic (exact) mass is 262 g/mol. The van der Waals surface area contributed by atoms with E-state index in [0.29, 0.717) is 0 Å². The summed E-state index contributed by atoms with van der Waals surface area (Å²) in [5, 5.41) is 10.0. The Bertz CT molecular complexity index is 559. The van der Waals surface area contributed by atoms with Crippen LogP contribution in [0.5, 0.6) is 0 Å². The zero-order chi connectivity index (χ0) is 12.6. The minimum absolute atomic E-state index is 0.241. The third-order valence-electron chi connectivity index (χ3n) is 3.28. The van der Waals surface area contributed by atoms with Gasteiger partial charge in [-0.3, -0.25) is 0 Å². The van der Waals surface area contributed by atoms with Crippen molar-refractivity contribution in [1.82, 2.24) is 9.97 Å². The van der Waals surface area contributed by atoms with Crippen LogP contribution in [0.3, 0.4) is 0 Å². The molecule has 0 saturated heterocycles. The van der Waals surface area contributed by atoms with Crippen molar-refractivity contribution in [2.24, 2.45) is 0 Å². The average Bonchev–Trinajstić information content (AvgIpc) is 2.90. The van der Waals surface area contributed by atoms with Crippen LogP contribution in [0.25, 0.3) is 10.2 Å². The number of aromatic nitrogens is 2. The summed E-state index contributed by atoms with van der Waals surface area (Å²) >= 11 is 1.66. The number of rotatable bonds is 5. The molecule has 0 radical (unpaired) electrons. The molecule has 0 aromatic carbocycles. The maximum absolute atomic E-state index is 4.61. The lowest BCUT2D eigenvalue weighted by Crippen LogP contribution is -2.18. The fourth-order valence-electron chi connectivity index (χ4n) is 1.86. The second-order valence-electron chi connectivity index (χ2n) is 5.15. The van der Waals surface area contributed by atoms with Gasteiger partial charge in [0.2, 0.25) is 5.95 Å². The van der Waals surface area contributed by atoms with Crippen LogP contribution >= 0.6 is 11.3 Å². The largest absolute Gasteiger partial charge is 0.364 e. The van der Waals surface area contributed by atoms with Gasteiger partial charge in [0.05, 0.1) is 5.39 Å². The maximum Gasteiger partial charge on any atom is 0.226 e. The Balaban J connectivity index is 1.95. The molecule has 1 fully saturated rings. The first kappa shape index (κ1) is 11.7. The van der Waals surface area contributed by atoms with Crippen LogP contribution in [0.2, 0.25) is 0 Å². The minimum atomic E-state index is 0.241. The molecule has 1 aliphatic carbocycles. The normalized spacial score (nSPS) is 16.8. The number of hydrogen-bond donors (Lipinski definition) is 2. The molecule has 1 aliphatic rings. The number of thiophene rings is 1. The SMILES string of the molecule is CCCNc1nc(NC2(C)CC2)c2ccsc2n1. The molecule has 2 aromatic heterocycles. The van der Waals surface area contributed by atoms with Gasteiger partial charge in [-0.15, -0.1) is 11.3 Å². The van der Waals surface area contributed by atoms with E-state index in [4.69, 9.17) is 0 Å². The van der Waals surface area contributed by atoms with E-state index < -0.39 is 0 Å². The van der Waals surface area contributed by atoms with E-state index in [1.54, 1.807) is 11.3 Å². The molecule has 2 heterocycles. The highest BCUT2D eigenvalue weighted by molar-refractivity contribution is 7.16. The van der Waals surface area contributed by atoms with Crippen LogP contribution in [-0.4, -0.2) is 22.1 Å². The van der Waals surface area contributed by atoms with E-state index in [0.717, 1.165) is 34.9 Å². The minimum Gasteiger partial charge on any atom is -0.364 e. The Hall–Kier alpha value is -1.36. The Kier molecular flexibility index (Phi) is 2.86. The third-order valence-corrected chi connectivity index (χ3v) is 4.08. The molecule has 0 amide bonds. The van der Waals surface area contributed by atoms with E-state index in [2.05, 4.69) is 45.9 Å². The standard InChI is InChI=1S/C13H18N4S/c1-3-7-14-12-15-10(17-13(2)5-6-13)9-4-8-18-11(9)16-12/h4,8H,3,5-7H2,1-2H3,(H2,14,15,16,17). The molecule has 5 heteroatoms. The van der Waals surface area contributed by atoms with Gasteiger partial charge in [-0.25, -0.2) is 4.98 Å². The summed E-state index contributed by atoms with van der Waals surface area (Å²) in [6.07, 6.45) is 3.52. The highest BCUT2D eigenvalue weighted by Crippen LogP contribution is 2.39. The molecule has 96 valence electrons. The molecule has 2 N–H and O–H groups in total. The van der Waals surface area contributed by atoms with Gasteiger partial charge in [-0.2, -0.15) is 4.98 Å². The Morgan fingerprint density at radius 2 is 2.22 bits per heavy atom. The maximum atomic E-state index is 4.61. The molecule has 0 unspecified atom stereocenters. The van der Waals surface area contributed by atoms with Gasteiger partial charge in [-0.05, 0) is 37.6 Å². The topological polar surface area (TPSA) is 49.8 Å². The summed E-state index contributed by atoms with van der Waals surface area (Å²) in [7, 11) is 0. The molecule has 1 saturated carbocycles. The summed E-state index contributed by atoms with van der Waals surface area (Å²) in [6.45, 7) is 5.29. The molecule has 0 spiro atoms. The number of hydrogen-bond acceptors (Lipinski definition) is 5. The van der Waals surface area contributed by atoms with Crippen molar-refractivity contribution in [2.75, 3.05) is 17.2 Å². The lowest BCUT2D eigenvalue weighted by atomic mass is 10.3. The molecular formula is C13H18N4S. The first-order valence-electron chi connectivity index (χ1n) is 6.47. The van der Waals surface area contributed by atoms with E-state index in [-0.39, 0.29) is 5.54 Å². The van der Waals surface area contributed by atoms with Crippen LogP contribution < -0.4 is 10.6 Å². The van der Waals surface area contributed by atoms with Crippen molar-refractivity contribution < 1.29 is 0 Å². The van der Waals surface area contributed by atoms with Crippen LogP contribution in [-0.2, 0) is 0 Å². The van der Waals surface area contributed by atoms with Gasteiger partial charge in [-0.1, -0.05) is 6.92 Å². The summed E-state index contributed by atoms with van der Waals surface area (Å²) in [6, 6.07) is 2.09. The molecule has 3 rings (SSSR count). The second kappa shape index (κ2) is 4.39. The third kappa shape index (κ3) is 2.27. The smallest absolute Gasteiger partial charge is 0.226 e. The molecule has 4 nitrogen and oxygen atoms in total. The van der Waals surface area contributed by atoms with Crippen LogP contribution in [0.4, 0.5) is 11.8 Å². The highest BCUT2D eigenvalue weighted by Gasteiger charge is 2.37. The van der Waals surface area contributed by atoms with E-state index in [1.807, 2.05) is 0 Å². The molecule has 0 bridgehead atoms. The Morgan fingerprint density at radius 1 is 1.39 bits per heavy atom. The Morgan fingerprint density at radius 3 is 2.94 bits per heavy atom. The van der Waals surface area contributed by atoms with Gasteiger partial charge in [0.1, 0.15) is 10.6 Å². The summed E-state index contributed by atoms with van der Waals surface area (Å²) in [5.74, 6) is 1.71. The van der Waals surface area contributed by atoms with E-state index in [1.165, 1.54) is 12.8 Å². The molecule has 0 aliphatic heterocycles. The predicted molar refractivity (Wildman–Crippen MR) is 77.5 cm³/mol. The van der Waals surface area contributed by atoms with E-state index >= 15 is 0 Å². The van der Waals surface area contributed by atoms with Gasteiger partial charge >= 0.3 is 0 Å². The summed E-state index contributed by atoms with van der Waals surface area (Å²) in [5.41, 5.74) is 0.241. The Labute approximate surface area is 111 Å². The van der Waals surface area contributed by atoms with Crippen LogP contribution in [0, 0.1) is 0 Å². The van der Waals surface area contributed by atoms with Crippen molar-refractivity contribution in [3.05, 3.63) is 11.4 Å². The highest BCUT2D eigenvalue weighted by atomic mass is 32.1. The van der Waals surface area contributed by atoms with Gasteiger partial charge in [0, 0.05) is 12.1 Å². The first-order chi connectivity index (χ1) is 8.70. The average molecular weight is 262 g/mol. The van der Waals surface area contributed by atoms with Gasteiger partial charge < -0.3 is 10.6 Å². The van der Waals surface area contributed by atoms with Crippen LogP contribution in [0.15, 0.2) is 11.4 Å². The number of nitrogens with zero attached hydrogens (tertiary/aromatic N) is 2. The molecule has 18 heavy (non-hydrogen) atoms. The summed E-state index contributed by atoms with van der Waals surface area (Å²) < 4.78 is 0. The van der Waals surface area contributed by atoms with Crippen LogP contribution in [0.1, 0.15) is 33.1 Å². The van der Waals surface area contributed by atoms with Crippen molar-refractivity contribution in [3.63, 3.8) is 0 Å². The number of fused-ring (bicyclic) bond motifs is 1. The van der Waals surface area contributed by atoms with Crippen molar-refractivity contribution in [1.29, 1.82) is 0 Å². The van der Waals surface area contributed by atoms with Gasteiger partial charge in [0.15, 0.2) is 0 Å². The zero-order valence-corrected chi connectivity index (χ0v) is 11.6. The van der Waals surface area contributed by atoms with Crippen molar-refractivity contribution in [2.45, 2.75) is 38.6 Å². The predicted octanol–water partition coefficient (Wildman–Crippen LogP) is 3.48. The van der Waals surface area contributed by atoms with Crippen molar-refractivity contribution >= 4 is 33.3 Å². The fourth-order valence-corrected chi connectivity index (χ4v) is 2.63. The molecular weight excluding hydrogens is 244 g/mol. The second-order valence-corrected chi connectivity index (χ2v) is 6.04. The van der Waals surface area contributed by atoms with Crippen molar-refractivity contribution in [3.8, 4) is 0 Å². The lowest BCUT2D eigenvalue weighted by Gasteiger charge is -2.14.